The number of likely N-dealkylation sites (tertiary alicyclic amines) is 1. The third-order valence-corrected chi connectivity index (χ3v) is 5.95. The van der Waals surface area contributed by atoms with E-state index in [-0.39, 0.29) is 24.5 Å². The van der Waals surface area contributed by atoms with Crippen LogP contribution in [0.2, 0.25) is 0 Å². The predicted molar refractivity (Wildman–Crippen MR) is 128 cm³/mol. The van der Waals surface area contributed by atoms with Crippen molar-refractivity contribution in [1.29, 1.82) is 0 Å². The maximum atomic E-state index is 13.2. The first kappa shape index (κ1) is 23.4. The molecule has 178 valence electrons. The highest BCUT2D eigenvalue weighted by atomic mass is 16.5. The lowest BCUT2D eigenvalue weighted by Crippen LogP contribution is -2.32. The van der Waals surface area contributed by atoms with E-state index >= 15 is 0 Å². The number of likely N-dealkylation sites (N-methyl/N-ethyl adjacent to an activating group) is 1. The van der Waals surface area contributed by atoms with E-state index in [0.29, 0.717) is 42.4 Å². The van der Waals surface area contributed by atoms with Gasteiger partial charge in [0.05, 0.1) is 30.5 Å². The van der Waals surface area contributed by atoms with E-state index in [4.69, 9.17) is 14.2 Å². The molecule has 1 atom stereocenters. The van der Waals surface area contributed by atoms with Crippen LogP contribution in [0.3, 0.4) is 0 Å². The number of aliphatic hydroxyl groups is 1. The average Bonchev–Trinajstić information content (AvgIpc) is 3.11. The smallest absolute Gasteiger partial charge is 0.295 e. The number of ketones is 1. The molecule has 0 spiro atoms. The van der Waals surface area contributed by atoms with Crippen LogP contribution in [0, 0.1) is 0 Å². The lowest BCUT2D eigenvalue weighted by atomic mass is 9.95. The first-order chi connectivity index (χ1) is 16.5. The number of ether oxygens (including phenoxy) is 3. The fourth-order valence-electron chi connectivity index (χ4n) is 4.23. The molecular formula is C26H28N2O6. The first-order valence-corrected chi connectivity index (χ1v) is 11.1. The molecule has 1 N–H and O–H groups in total. The highest BCUT2D eigenvalue weighted by Crippen LogP contribution is 2.41. The van der Waals surface area contributed by atoms with E-state index in [1.807, 2.05) is 11.9 Å². The van der Waals surface area contributed by atoms with Gasteiger partial charge in [-0.3, -0.25) is 9.59 Å². The van der Waals surface area contributed by atoms with Gasteiger partial charge < -0.3 is 29.1 Å². The number of methoxy groups -OCH3 is 1. The van der Waals surface area contributed by atoms with Gasteiger partial charge in [-0.05, 0) is 35.9 Å². The maximum absolute atomic E-state index is 13.2. The quantitative estimate of drug-likeness (QED) is 0.278. The molecule has 1 unspecified atom stereocenters. The fraction of sp³-hybridized carbons (Fsp3) is 0.308. The second kappa shape index (κ2) is 10.0. The second-order valence-corrected chi connectivity index (χ2v) is 8.11. The molecule has 0 aromatic heterocycles. The molecule has 0 aliphatic carbocycles. The molecule has 1 fully saturated rings. The van der Waals surface area contributed by atoms with Gasteiger partial charge in [-0.2, -0.15) is 0 Å². The zero-order valence-corrected chi connectivity index (χ0v) is 19.3. The lowest BCUT2D eigenvalue weighted by Gasteiger charge is -2.28. The Morgan fingerprint density at radius 3 is 2.85 bits per heavy atom. The molecule has 8 nitrogen and oxygen atoms in total. The van der Waals surface area contributed by atoms with Gasteiger partial charge in [0.2, 0.25) is 0 Å². The summed E-state index contributed by atoms with van der Waals surface area (Å²) in [6, 6.07) is 11.6. The zero-order valence-electron chi connectivity index (χ0n) is 19.3. The first-order valence-electron chi connectivity index (χ1n) is 11.1. The molecule has 4 rings (SSSR count). The van der Waals surface area contributed by atoms with Crippen molar-refractivity contribution in [2.45, 2.75) is 6.04 Å². The van der Waals surface area contributed by atoms with E-state index in [9.17, 15) is 14.7 Å². The minimum atomic E-state index is -0.785. The minimum absolute atomic E-state index is 0.0290. The van der Waals surface area contributed by atoms with Gasteiger partial charge in [0.15, 0.2) is 0 Å². The summed E-state index contributed by atoms with van der Waals surface area (Å²) in [6.45, 7) is 5.69. The number of hydrogen-bond acceptors (Lipinski definition) is 7. The van der Waals surface area contributed by atoms with E-state index in [1.165, 1.54) is 12.0 Å². The van der Waals surface area contributed by atoms with Crippen LogP contribution < -0.4 is 14.4 Å². The Morgan fingerprint density at radius 2 is 2.09 bits per heavy atom. The molecule has 2 aromatic carbocycles. The third kappa shape index (κ3) is 4.36. The number of hydrogen-bond donors (Lipinski definition) is 1. The summed E-state index contributed by atoms with van der Waals surface area (Å²) >= 11 is 0. The van der Waals surface area contributed by atoms with Crippen molar-refractivity contribution < 1.29 is 28.9 Å². The zero-order chi connectivity index (χ0) is 24.2. The second-order valence-electron chi connectivity index (χ2n) is 8.11. The number of amides is 1. The molecule has 1 amide bonds. The lowest BCUT2D eigenvalue weighted by molar-refractivity contribution is -0.140. The molecule has 0 radical (unpaired) electrons. The number of Topliss-reactive ketones (excluding diaryl/α,β-unsaturated/α-hetero) is 1. The molecule has 34 heavy (non-hydrogen) atoms. The van der Waals surface area contributed by atoms with Crippen LogP contribution in [0.5, 0.6) is 11.5 Å². The topological polar surface area (TPSA) is 88.5 Å². The summed E-state index contributed by atoms with van der Waals surface area (Å²) in [7, 11) is 3.46. The van der Waals surface area contributed by atoms with Crippen molar-refractivity contribution in [3.8, 4) is 11.5 Å². The van der Waals surface area contributed by atoms with Gasteiger partial charge >= 0.3 is 0 Å². The van der Waals surface area contributed by atoms with Crippen LogP contribution in [-0.2, 0) is 14.3 Å². The van der Waals surface area contributed by atoms with Crippen molar-refractivity contribution >= 4 is 23.1 Å². The fourth-order valence-corrected chi connectivity index (χ4v) is 4.23. The van der Waals surface area contributed by atoms with Crippen molar-refractivity contribution in [3.63, 3.8) is 0 Å². The van der Waals surface area contributed by atoms with Crippen molar-refractivity contribution in [2.75, 3.05) is 52.0 Å². The standard InChI is InChI=1S/C26H28N2O6/c1-4-12-33-19-7-5-6-17(15-19)23-22(25(30)26(31)28(23)11-13-32-3)24(29)18-8-9-21-20(16-18)27(2)10-14-34-21/h4-9,15-16,23,29H,1,10-14H2,2-3H3/b24-22-. The van der Waals surface area contributed by atoms with Crippen LogP contribution in [0.1, 0.15) is 17.2 Å². The molecule has 1 saturated heterocycles. The number of benzene rings is 2. The molecule has 0 bridgehead atoms. The summed E-state index contributed by atoms with van der Waals surface area (Å²) < 4.78 is 16.5. The number of fused-ring (bicyclic) bond motifs is 1. The summed E-state index contributed by atoms with van der Waals surface area (Å²) in [5.41, 5.74) is 1.92. The number of carbonyl (C=O) groups is 2. The predicted octanol–water partition coefficient (Wildman–Crippen LogP) is 3.15. The van der Waals surface area contributed by atoms with Crippen molar-refractivity contribution in [3.05, 3.63) is 71.8 Å². The van der Waals surface area contributed by atoms with E-state index in [1.54, 1.807) is 48.5 Å². The Labute approximate surface area is 198 Å². The number of carbonyl (C=O) groups excluding carboxylic acids is 2. The minimum Gasteiger partial charge on any atom is -0.507 e. The van der Waals surface area contributed by atoms with Crippen LogP contribution in [0.4, 0.5) is 5.69 Å². The van der Waals surface area contributed by atoms with Crippen molar-refractivity contribution in [1.82, 2.24) is 4.90 Å². The third-order valence-electron chi connectivity index (χ3n) is 5.95. The number of aliphatic hydroxyl groups excluding tert-OH is 1. The summed E-state index contributed by atoms with van der Waals surface area (Å²) in [5, 5.41) is 11.3. The van der Waals surface area contributed by atoms with E-state index in [0.717, 1.165) is 5.69 Å². The van der Waals surface area contributed by atoms with Gasteiger partial charge in [0.1, 0.15) is 30.5 Å². The van der Waals surface area contributed by atoms with Gasteiger partial charge in [-0.1, -0.05) is 24.8 Å². The average molecular weight is 465 g/mol. The SMILES string of the molecule is C=CCOc1cccc(C2/C(=C(/O)c3ccc4c(c3)N(C)CCO4)C(=O)C(=O)N2CCOC)c1. The molecule has 2 aliphatic heterocycles. The van der Waals surface area contributed by atoms with Gasteiger partial charge in [-0.25, -0.2) is 0 Å². The molecule has 2 aliphatic rings. The van der Waals surface area contributed by atoms with Gasteiger partial charge in [0, 0.05) is 26.3 Å². The van der Waals surface area contributed by atoms with Crippen LogP contribution in [0.15, 0.2) is 60.7 Å². The molecule has 8 heteroatoms. The monoisotopic (exact) mass is 464 g/mol. The summed E-state index contributed by atoms with van der Waals surface area (Å²) in [5.74, 6) is -0.378. The Balaban J connectivity index is 1.82. The van der Waals surface area contributed by atoms with E-state index in [2.05, 4.69) is 6.58 Å². The van der Waals surface area contributed by atoms with Gasteiger partial charge in [0.25, 0.3) is 11.7 Å². The highest BCUT2D eigenvalue weighted by Gasteiger charge is 2.46. The van der Waals surface area contributed by atoms with Crippen LogP contribution in [0.25, 0.3) is 5.76 Å². The van der Waals surface area contributed by atoms with Crippen LogP contribution >= 0.6 is 0 Å². The largest absolute Gasteiger partial charge is 0.507 e. The maximum Gasteiger partial charge on any atom is 0.295 e. The van der Waals surface area contributed by atoms with Crippen LogP contribution in [-0.4, -0.2) is 68.8 Å². The molecule has 2 heterocycles. The van der Waals surface area contributed by atoms with Gasteiger partial charge in [-0.15, -0.1) is 0 Å². The highest BCUT2D eigenvalue weighted by molar-refractivity contribution is 6.46. The Morgan fingerprint density at radius 1 is 1.26 bits per heavy atom. The Bertz CT molecular complexity index is 1140. The van der Waals surface area contributed by atoms with E-state index < -0.39 is 17.7 Å². The Hall–Kier alpha value is -3.78. The Kier molecular flexibility index (Phi) is 6.88. The number of anilines is 1. The number of nitrogens with zero attached hydrogens (tertiary/aromatic N) is 2. The summed E-state index contributed by atoms with van der Waals surface area (Å²) in [4.78, 5) is 29.6. The van der Waals surface area contributed by atoms with Crippen molar-refractivity contribution in [2.24, 2.45) is 0 Å². The molecule has 0 saturated carbocycles. The normalized spacial score (nSPS) is 19.1. The molecular weight excluding hydrogens is 436 g/mol. The molecule has 2 aromatic rings. The number of rotatable bonds is 8. The summed E-state index contributed by atoms with van der Waals surface area (Å²) in [6.07, 6.45) is 1.63.